The molecule has 1 heterocycles. The number of anilines is 1. The maximum Gasteiger partial charge on any atom is 0.329 e. The first-order valence-electron chi connectivity index (χ1n) is 11.6. The smallest absolute Gasteiger partial charge is 0.329 e. The third kappa shape index (κ3) is 6.29. The Labute approximate surface area is 238 Å². The summed E-state index contributed by atoms with van der Waals surface area (Å²) in [5, 5.41) is 14.5. The molecule has 4 rings (SSSR count). The van der Waals surface area contributed by atoms with Crippen LogP contribution in [0.2, 0.25) is 0 Å². The third-order valence-electron chi connectivity index (χ3n) is 5.72. The van der Waals surface area contributed by atoms with Crippen LogP contribution in [0.3, 0.4) is 0 Å². The number of carbonyl (C=O) groups excluding carboxylic acids is 3. The quantitative estimate of drug-likeness (QED) is 0.203. The minimum atomic E-state index is -0.709. The van der Waals surface area contributed by atoms with Gasteiger partial charge in [0.15, 0.2) is 11.5 Å². The van der Waals surface area contributed by atoms with Crippen molar-refractivity contribution < 1.29 is 28.6 Å². The Morgan fingerprint density at radius 2 is 1.79 bits per heavy atom. The number of rotatable bonds is 9. The fourth-order valence-electron chi connectivity index (χ4n) is 3.83. The summed E-state index contributed by atoms with van der Waals surface area (Å²) in [5.41, 5.74) is 2.26. The first kappa shape index (κ1) is 27.5. The van der Waals surface area contributed by atoms with Crippen LogP contribution in [-0.4, -0.2) is 43.5 Å². The lowest BCUT2D eigenvalue weighted by molar-refractivity contribution is -0.127. The highest BCUT2D eigenvalue weighted by Gasteiger charge is 2.35. The van der Waals surface area contributed by atoms with Crippen LogP contribution in [-0.2, 0) is 16.2 Å². The van der Waals surface area contributed by atoms with Gasteiger partial charge in [0.2, 0.25) is 5.91 Å². The van der Waals surface area contributed by atoms with Gasteiger partial charge in [0, 0.05) is 5.56 Å². The molecule has 10 nitrogen and oxygen atoms in total. The second-order valence-corrected chi connectivity index (χ2v) is 9.38. The van der Waals surface area contributed by atoms with E-state index in [-0.39, 0.29) is 12.3 Å². The zero-order chi connectivity index (χ0) is 27.9. The molecular formula is C28H23IN4O6. The van der Waals surface area contributed by atoms with Crippen LogP contribution >= 0.6 is 22.6 Å². The summed E-state index contributed by atoms with van der Waals surface area (Å²) in [7, 11) is 2.96. The van der Waals surface area contributed by atoms with Gasteiger partial charge in [0.05, 0.1) is 35.1 Å². The van der Waals surface area contributed by atoms with Crippen molar-refractivity contribution in [3.05, 3.63) is 86.6 Å². The number of halogens is 1. The maximum atomic E-state index is 12.9. The largest absolute Gasteiger partial charge is 0.495 e. The highest BCUT2D eigenvalue weighted by Crippen LogP contribution is 2.35. The van der Waals surface area contributed by atoms with Crippen LogP contribution in [0, 0.1) is 14.9 Å². The van der Waals surface area contributed by atoms with Gasteiger partial charge in [-0.15, -0.1) is 0 Å². The SMILES string of the molecule is COc1ccccc1NC(=O)CN1C(=O)N/C(=C/c2cc(I)c(OCc3ccccc3C#N)c(OC)c2)C1=O. The van der Waals surface area contributed by atoms with Crippen molar-refractivity contribution in [1.82, 2.24) is 10.2 Å². The summed E-state index contributed by atoms with van der Waals surface area (Å²) < 4.78 is 17.4. The van der Waals surface area contributed by atoms with E-state index >= 15 is 0 Å². The lowest BCUT2D eigenvalue weighted by Gasteiger charge is -2.14. The average molecular weight is 638 g/mol. The molecule has 4 amide bonds. The first-order chi connectivity index (χ1) is 18.8. The van der Waals surface area contributed by atoms with Crippen LogP contribution < -0.4 is 24.8 Å². The second kappa shape index (κ2) is 12.3. The topological polar surface area (TPSA) is 130 Å². The van der Waals surface area contributed by atoms with Crippen LogP contribution in [0.15, 0.2) is 66.4 Å². The molecule has 0 saturated carbocycles. The van der Waals surface area contributed by atoms with Crippen molar-refractivity contribution >= 4 is 52.2 Å². The molecule has 0 aliphatic carbocycles. The van der Waals surface area contributed by atoms with Crippen LogP contribution in [0.1, 0.15) is 16.7 Å². The van der Waals surface area contributed by atoms with Gasteiger partial charge < -0.3 is 24.8 Å². The van der Waals surface area contributed by atoms with E-state index in [4.69, 9.17) is 14.2 Å². The first-order valence-corrected chi connectivity index (χ1v) is 12.7. The molecule has 0 unspecified atom stereocenters. The number of amides is 4. The Morgan fingerprint density at radius 3 is 2.54 bits per heavy atom. The summed E-state index contributed by atoms with van der Waals surface area (Å²) in [6, 6.07) is 18.8. The fraction of sp³-hybridized carbons (Fsp3) is 0.143. The number of nitriles is 1. The summed E-state index contributed by atoms with van der Waals surface area (Å²) >= 11 is 2.08. The lowest BCUT2D eigenvalue weighted by atomic mass is 10.1. The maximum absolute atomic E-state index is 12.9. The monoisotopic (exact) mass is 638 g/mol. The van der Waals surface area contributed by atoms with Crippen LogP contribution in [0.4, 0.5) is 10.5 Å². The number of para-hydroxylation sites is 2. The minimum absolute atomic E-state index is 0.0135. The molecule has 198 valence electrons. The standard InChI is InChI=1S/C28H23IN4O6/c1-37-23-10-6-5-9-21(23)31-25(34)15-33-27(35)22(32-28(33)36)12-17-11-20(29)26(24(13-17)38-2)39-16-19-8-4-3-7-18(19)14-30/h3-13H,15-16H2,1-2H3,(H,31,34)(H,32,36)/b22-12+. The van der Waals surface area contributed by atoms with E-state index in [1.54, 1.807) is 48.5 Å². The molecule has 39 heavy (non-hydrogen) atoms. The summed E-state index contributed by atoms with van der Waals surface area (Å²) in [6.45, 7) is -0.311. The number of urea groups is 1. The van der Waals surface area contributed by atoms with Gasteiger partial charge in [-0.05, 0) is 64.6 Å². The van der Waals surface area contributed by atoms with Crippen LogP contribution in [0.25, 0.3) is 6.08 Å². The number of imide groups is 1. The van der Waals surface area contributed by atoms with Gasteiger partial charge in [-0.2, -0.15) is 5.26 Å². The number of benzene rings is 3. The van der Waals surface area contributed by atoms with Gasteiger partial charge in [0.1, 0.15) is 24.6 Å². The number of nitrogens with one attached hydrogen (secondary N) is 2. The highest BCUT2D eigenvalue weighted by molar-refractivity contribution is 14.1. The Hall–Kier alpha value is -4.57. The number of carbonyl (C=O) groups is 3. The Kier molecular flexibility index (Phi) is 8.67. The van der Waals surface area contributed by atoms with E-state index in [9.17, 15) is 19.6 Å². The van der Waals surface area contributed by atoms with Crippen molar-refractivity contribution in [2.45, 2.75) is 6.61 Å². The van der Waals surface area contributed by atoms with Gasteiger partial charge in [-0.1, -0.05) is 30.3 Å². The van der Waals surface area contributed by atoms with Crippen LogP contribution in [0.5, 0.6) is 17.2 Å². The van der Waals surface area contributed by atoms with Crippen molar-refractivity contribution in [2.24, 2.45) is 0 Å². The minimum Gasteiger partial charge on any atom is -0.495 e. The molecule has 0 atom stereocenters. The van der Waals surface area contributed by atoms with E-state index in [0.717, 1.165) is 10.5 Å². The molecule has 0 aromatic heterocycles. The average Bonchev–Trinajstić information content (AvgIpc) is 3.19. The lowest BCUT2D eigenvalue weighted by Crippen LogP contribution is -2.38. The molecule has 0 spiro atoms. The zero-order valence-corrected chi connectivity index (χ0v) is 23.1. The van der Waals surface area contributed by atoms with Crippen molar-refractivity contribution in [3.63, 3.8) is 0 Å². The zero-order valence-electron chi connectivity index (χ0n) is 21.0. The highest BCUT2D eigenvalue weighted by atomic mass is 127. The number of methoxy groups -OCH3 is 2. The molecule has 1 aliphatic heterocycles. The van der Waals surface area contributed by atoms with E-state index in [2.05, 4.69) is 39.3 Å². The normalized spacial score (nSPS) is 13.6. The molecular weight excluding hydrogens is 615 g/mol. The number of ether oxygens (including phenoxy) is 3. The molecule has 0 radical (unpaired) electrons. The molecule has 1 saturated heterocycles. The molecule has 3 aromatic rings. The summed E-state index contributed by atoms with van der Waals surface area (Å²) in [4.78, 5) is 38.8. The number of hydrogen-bond donors (Lipinski definition) is 2. The fourth-order valence-corrected chi connectivity index (χ4v) is 4.61. The van der Waals surface area contributed by atoms with E-state index in [1.807, 2.05) is 12.1 Å². The van der Waals surface area contributed by atoms with Gasteiger partial charge in [0.25, 0.3) is 5.91 Å². The van der Waals surface area contributed by atoms with E-state index < -0.39 is 24.4 Å². The molecule has 2 N–H and O–H groups in total. The number of hydrogen-bond acceptors (Lipinski definition) is 7. The summed E-state index contributed by atoms with van der Waals surface area (Å²) in [6.07, 6.45) is 1.50. The van der Waals surface area contributed by atoms with E-state index in [0.29, 0.717) is 37.6 Å². The predicted molar refractivity (Wildman–Crippen MR) is 151 cm³/mol. The Morgan fingerprint density at radius 1 is 1.08 bits per heavy atom. The molecule has 1 aliphatic rings. The van der Waals surface area contributed by atoms with Gasteiger partial charge in [-0.25, -0.2) is 9.69 Å². The van der Waals surface area contributed by atoms with Gasteiger partial charge in [-0.3, -0.25) is 9.59 Å². The third-order valence-corrected chi connectivity index (χ3v) is 6.52. The van der Waals surface area contributed by atoms with Gasteiger partial charge >= 0.3 is 6.03 Å². The second-order valence-electron chi connectivity index (χ2n) is 8.22. The molecule has 0 bridgehead atoms. The van der Waals surface area contributed by atoms with E-state index in [1.165, 1.54) is 20.3 Å². The molecule has 1 fully saturated rings. The predicted octanol–water partition coefficient (Wildman–Crippen LogP) is 4.29. The van der Waals surface area contributed by atoms with Crippen molar-refractivity contribution in [3.8, 4) is 23.3 Å². The van der Waals surface area contributed by atoms with Crippen molar-refractivity contribution in [1.29, 1.82) is 5.26 Å². The molecule has 11 heteroatoms. The number of nitrogens with zero attached hydrogens (tertiary/aromatic N) is 2. The van der Waals surface area contributed by atoms with Crippen molar-refractivity contribution in [2.75, 3.05) is 26.1 Å². The summed E-state index contributed by atoms with van der Waals surface area (Å²) in [5.74, 6) is 0.142. The Balaban J connectivity index is 1.48. The Bertz CT molecular complexity index is 1510. The molecule has 3 aromatic carbocycles.